The predicted octanol–water partition coefficient (Wildman–Crippen LogP) is 8.32. The molecule has 0 spiro atoms. The maximum absolute atomic E-state index is 13.9. The molecule has 4 aromatic carbocycles. The zero-order valence-electron chi connectivity index (χ0n) is 34.0. The quantitative estimate of drug-likeness (QED) is 0.181. The minimum Gasteiger partial charge on any atom is -0.508 e. The van der Waals surface area contributed by atoms with Crippen molar-refractivity contribution in [3.63, 3.8) is 0 Å². The van der Waals surface area contributed by atoms with Gasteiger partial charge in [-0.2, -0.15) is 0 Å². The zero-order valence-corrected chi connectivity index (χ0v) is 34.0. The number of nitrogens with zero attached hydrogens (tertiary/aromatic N) is 3. The van der Waals surface area contributed by atoms with E-state index in [1.807, 2.05) is 30.3 Å². The highest BCUT2D eigenvalue weighted by Crippen LogP contribution is 2.48. The number of hydrogen-bond donors (Lipinski definition) is 2. The maximum atomic E-state index is 13.9. The van der Waals surface area contributed by atoms with E-state index in [1.165, 1.54) is 42.4 Å². The number of piperazine rings is 1. The first-order valence-electron chi connectivity index (χ1n) is 22.0. The van der Waals surface area contributed by atoms with Gasteiger partial charge in [-0.25, -0.2) is 4.39 Å². The lowest BCUT2D eigenvalue weighted by Crippen LogP contribution is -2.52. The smallest absolute Gasteiger partial charge is 0.262 e. The average Bonchev–Trinajstić information content (AvgIpc) is 3.51. The Bertz CT molecular complexity index is 2320. The van der Waals surface area contributed by atoms with Crippen LogP contribution in [0.25, 0.3) is 0 Å². The number of rotatable bonds is 7. The summed E-state index contributed by atoms with van der Waals surface area (Å²) in [6.07, 6.45) is 9.95. The third-order valence-corrected chi connectivity index (χ3v) is 14.7. The number of halogens is 1. The van der Waals surface area contributed by atoms with Gasteiger partial charge in [-0.3, -0.25) is 24.2 Å². The van der Waals surface area contributed by atoms with Crippen LogP contribution in [0.4, 0.5) is 10.1 Å². The second-order valence-electron chi connectivity index (χ2n) is 18.0. The predicted molar refractivity (Wildman–Crippen MR) is 228 cm³/mol. The van der Waals surface area contributed by atoms with Crippen LogP contribution >= 0.6 is 0 Å². The molecule has 9 nitrogen and oxygen atoms in total. The molecule has 4 fully saturated rings. The monoisotopic (exact) mass is 808 g/mol. The Labute approximate surface area is 351 Å². The van der Waals surface area contributed by atoms with Gasteiger partial charge in [0.15, 0.2) is 0 Å². The number of aryl methyl sites for hydroxylation is 1. The second kappa shape index (κ2) is 15.8. The Morgan fingerprint density at radius 2 is 1.47 bits per heavy atom. The van der Waals surface area contributed by atoms with Crippen LogP contribution in [0, 0.1) is 17.7 Å². The number of ether oxygens (including phenoxy) is 1. The van der Waals surface area contributed by atoms with Crippen molar-refractivity contribution < 1.29 is 28.6 Å². The van der Waals surface area contributed by atoms with Crippen molar-refractivity contribution >= 4 is 23.4 Å². The maximum Gasteiger partial charge on any atom is 0.262 e. The minimum atomic E-state index is -0.810. The lowest BCUT2D eigenvalue weighted by molar-refractivity contribution is -0.125. The molecule has 3 amide bonds. The van der Waals surface area contributed by atoms with Crippen LogP contribution in [0.2, 0.25) is 0 Å². The van der Waals surface area contributed by atoms with E-state index in [9.17, 15) is 23.9 Å². The van der Waals surface area contributed by atoms with Crippen LogP contribution in [0.1, 0.15) is 113 Å². The normalized spacial score (nSPS) is 28.2. The largest absolute Gasteiger partial charge is 0.508 e. The molecule has 0 aromatic heterocycles. The molecule has 5 unspecified atom stereocenters. The van der Waals surface area contributed by atoms with Gasteiger partial charge in [0.2, 0.25) is 5.91 Å². The molecule has 0 radical (unpaired) electrons. The van der Waals surface area contributed by atoms with E-state index in [0.717, 1.165) is 79.7 Å². The van der Waals surface area contributed by atoms with Crippen molar-refractivity contribution in [2.45, 2.75) is 94.2 Å². The number of hydrogen-bond acceptors (Lipinski definition) is 7. The molecule has 4 aromatic rings. The van der Waals surface area contributed by atoms with Crippen LogP contribution in [-0.4, -0.2) is 77.0 Å². The number of piperidine rings is 1. The molecular weight excluding hydrogens is 756 g/mol. The summed E-state index contributed by atoms with van der Waals surface area (Å²) in [4.78, 5) is 45.6. The molecule has 3 aliphatic heterocycles. The molecule has 10 rings (SSSR count). The van der Waals surface area contributed by atoms with Crippen molar-refractivity contribution in [2.75, 3.05) is 31.1 Å². The number of imide groups is 1. The SMILES string of the molecule is C=C1CCC(N2C(=O)c3ccc(N4CCN(C5CCC6CCC(Oc7ccc([C@@H]8c9ccc(O)cc9CC[C@@H]8c8ccc(F)cc8)cc7)CC6C5)CC4)cc3C2=O)C(=O)N1. The molecule has 10 heteroatoms. The lowest BCUT2D eigenvalue weighted by Gasteiger charge is -2.47. The number of phenolic OH excluding ortho intramolecular Hbond substituents is 1. The van der Waals surface area contributed by atoms with Gasteiger partial charge >= 0.3 is 0 Å². The van der Waals surface area contributed by atoms with Gasteiger partial charge in [0.05, 0.1) is 17.2 Å². The van der Waals surface area contributed by atoms with E-state index >= 15 is 0 Å². The average molecular weight is 809 g/mol. The summed E-state index contributed by atoms with van der Waals surface area (Å²) in [6, 6.07) is 26.6. The molecule has 2 N–H and O–H groups in total. The number of aromatic hydroxyl groups is 1. The van der Waals surface area contributed by atoms with E-state index in [1.54, 1.807) is 24.3 Å². The molecule has 2 saturated carbocycles. The highest BCUT2D eigenvalue weighted by molar-refractivity contribution is 6.23. The molecular formula is C50H53FN4O5. The number of carbonyl (C=O) groups excluding carboxylic acids is 3. The molecule has 0 bridgehead atoms. The second-order valence-corrected chi connectivity index (χ2v) is 18.0. The van der Waals surface area contributed by atoms with Crippen molar-refractivity contribution in [1.82, 2.24) is 15.1 Å². The molecule has 310 valence electrons. The summed E-state index contributed by atoms with van der Waals surface area (Å²) in [7, 11) is 0. The van der Waals surface area contributed by atoms with Crippen molar-refractivity contribution in [3.05, 3.63) is 136 Å². The standard InChI is InChI=1S/C50H53FN4O5/c1-30-2-21-46(48(57)52-30)55-49(58)44-19-13-38(29-45(44)50(55)59)54-24-22-53(23-25-54)37-12-5-31-6-17-41(28-35(31)26-37)60-40-15-7-33(8-16-40)47-42(32-3-10-36(51)11-4-32)18-9-34-27-39(56)14-20-43(34)47/h3-4,7-8,10-11,13-16,19-20,27,29,31,35,37,41-42,46-47,56H,1-2,5-6,9,12,17-18,21-26,28H2,(H,52,57)/t31?,35?,37?,41?,42-,46?,47+/m1/s1. The first-order chi connectivity index (χ1) is 29.2. The fraction of sp³-hybridized carbons (Fsp3) is 0.420. The summed E-state index contributed by atoms with van der Waals surface area (Å²) in [5.41, 5.74) is 7.03. The van der Waals surface area contributed by atoms with Crippen LogP contribution < -0.4 is 15.0 Å². The first kappa shape index (κ1) is 38.7. The Kier molecular flexibility index (Phi) is 10.2. The molecule has 2 saturated heterocycles. The number of phenols is 1. The number of benzene rings is 4. The van der Waals surface area contributed by atoms with Gasteiger partial charge in [0, 0.05) is 49.5 Å². The van der Waals surface area contributed by atoms with Crippen molar-refractivity contribution in [2.24, 2.45) is 11.8 Å². The van der Waals surface area contributed by atoms with Gasteiger partial charge in [0.25, 0.3) is 11.8 Å². The van der Waals surface area contributed by atoms with Crippen LogP contribution in [0.5, 0.6) is 11.5 Å². The Hall–Kier alpha value is -5.48. The van der Waals surface area contributed by atoms with Crippen molar-refractivity contribution in [3.8, 4) is 11.5 Å². The first-order valence-corrected chi connectivity index (χ1v) is 22.0. The van der Waals surface area contributed by atoms with Gasteiger partial charge in [-0.1, -0.05) is 36.9 Å². The van der Waals surface area contributed by atoms with Gasteiger partial charge in [-0.05, 0) is 159 Å². The van der Waals surface area contributed by atoms with Crippen LogP contribution in [0.3, 0.4) is 0 Å². The fourth-order valence-corrected chi connectivity index (χ4v) is 11.6. The number of carbonyl (C=O) groups is 3. The number of anilines is 1. The van der Waals surface area contributed by atoms with Gasteiger partial charge in [0.1, 0.15) is 23.4 Å². The molecule has 6 aliphatic rings. The Morgan fingerprint density at radius 1 is 0.717 bits per heavy atom. The minimum absolute atomic E-state index is 0.0957. The summed E-state index contributed by atoms with van der Waals surface area (Å²) < 4.78 is 20.6. The summed E-state index contributed by atoms with van der Waals surface area (Å²) >= 11 is 0. The van der Waals surface area contributed by atoms with Gasteiger partial charge in [-0.15, -0.1) is 0 Å². The summed E-state index contributed by atoms with van der Waals surface area (Å²) in [5.74, 6) is 1.52. The molecule has 7 atom stereocenters. The number of allylic oxidation sites excluding steroid dienone is 1. The Balaban J connectivity index is 0.755. The third kappa shape index (κ3) is 7.27. The highest BCUT2D eigenvalue weighted by Gasteiger charge is 2.45. The van der Waals surface area contributed by atoms with Crippen LogP contribution in [0.15, 0.2) is 97.2 Å². The highest BCUT2D eigenvalue weighted by atomic mass is 19.1. The fourth-order valence-electron chi connectivity index (χ4n) is 11.6. The third-order valence-electron chi connectivity index (χ3n) is 14.7. The van der Waals surface area contributed by atoms with E-state index in [2.05, 4.69) is 52.0 Å². The summed E-state index contributed by atoms with van der Waals surface area (Å²) in [6.45, 7) is 7.42. The van der Waals surface area contributed by atoms with Crippen LogP contribution in [-0.2, 0) is 11.2 Å². The Morgan fingerprint density at radius 3 is 2.25 bits per heavy atom. The molecule has 60 heavy (non-hydrogen) atoms. The van der Waals surface area contributed by atoms with E-state index in [4.69, 9.17) is 4.74 Å². The zero-order chi connectivity index (χ0) is 41.1. The van der Waals surface area contributed by atoms with E-state index in [-0.39, 0.29) is 35.4 Å². The number of fused-ring (bicyclic) bond motifs is 3. The topological polar surface area (TPSA) is 102 Å². The molecule has 3 aliphatic carbocycles. The van der Waals surface area contributed by atoms with E-state index in [0.29, 0.717) is 41.6 Å². The lowest BCUT2D eigenvalue weighted by atomic mass is 9.68. The van der Waals surface area contributed by atoms with Gasteiger partial charge < -0.3 is 20.1 Å². The summed E-state index contributed by atoms with van der Waals surface area (Å²) in [5, 5.41) is 13.0. The van der Waals surface area contributed by atoms with E-state index < -0.39 is 17.9 Å². The van der Waals surface area contributed by atoms with Crippen molar-refractivity contribution in [1.29, 1.82) is 0 Å². The molecule has 3 heterocycles. The number of amides is 3. The number of nitrogens with one attached hydrogen (secondary N) is 1.